The minimum atomic E-state index is -0.615. The van der Waals surface area contributed by atoms with Crippen molar-refractivity contribution in [2.24, 2.45) is 5.10 Å². The number of nitrogens with one attached hydrogen (secondary N) is 1. The monoisotopic (exact) mass is 229 g/mol. The molecule has 1 saturated heterocycles. The van der Waals surface area contributed by atoms with Gasteiger partial charge in [0.15, 0.2) is 0 Å². The summed E-state index contributed by atoms with van der Waals surface area (Å²) in [6.07, 6.45) is 2.71. The van der Waals surface area contributed by atoms with E-state index in [1.165, 1.54) is 0 Å². The number of alkyl halides is 1. The van der Waals surface area contributed by atoms with Crippen molar-refractivity contribution in [3.63, 3.8) is 0 Å². The van der Waals surface area contributed by atoms with Crippen molar-refractivity contribution in [3.05, 3.63) is 0 Å². The highest BCUT2D eigenvalue weighted by molar-refractivity contribution is 6.32. The van der Waals surface area contributed by atoms with Crippen LogP contribution in [-0.2, 0) is 9.59 Å². The van der Waals surface area contributed by atoms with Gasteiger partial charge in [-0.05, 0) is 0 Å². The van der Waals surface area contributed by atoms with Gasteiger partial charge in [-0.2, -0.15) is 5.10 Å². The minimum Gasteiger partial charge on any atom is -0.300 e. The average molecular weight is 230 g/mol. The smallest absolute Gasteiger partial charge is 0.260 e. The van der Waals surface area contributed by atoms with Crippen molar-refractivity contribution < 1.29 is 9.59 Å². The summed E-state index contributed by atoms with van der Waals surface area (Å²) in [5, 5.41) is 3.13. The van der Waals surface area contributed by atoms with Crippen LogP contribution in [0.25, 0.3) is 0 Å². The van der Waals surface area contributed by atoms with E-state index in [0.717, 1.165) is 0 Å². The second-order valence-electron chi connectivity index (χ2n) is 3.72. The lowest BCUT2D eigenvalue weighted by molar-refractivity contribution is -0.123. The van der Waals surface area contributed by atoms with E-state index in [-0.39, 0.29) is 17.7 Å². The maximum atomic E-state index is 11.3. The Balaban J connectivity index is 2.03. The molecular formula is C9H12ClN3O2. The molecule has 1 N–H and O–H groups in total. The molecule has 2 aliphatic rings. The number of amides is 1. The Morgan fingerprint density at radius 3 is 2.73 bits per heavy atom. The lowest BCUT2D eigenvalue weighted by Crippen LogP contribution is -2.53. The fraction of sp³-hybridized carbons (Fsp3) is 0.667. The van der Waals surface area contributed by atoms with Gasteiger partial charge in [0.05, 0.1) is 6.04 Å². The Bertz CT molecular complexity index is 308. The van der Waals surface area contributed by atoms with Crippen molar-refractivity contribution in [1.82, 2.24) is 10.3 Å². The number of hydrazone groups is 1. The van der Waals surface area contributed by atoms with Gasteiger partial charge in [-0.25, -0.2) is 5.43 Å². The Kier molecular flexibility index (Phi) is 3.02. The standard InChI is InChI=1S/C9H12ClN3O2/c10-8-7(5-11-12-9(8)15)13-3-1-6(14)2-4-13/h5,7-8H,1-4H2,(H,12,15). The number of halogens is 1. The van der Waals surface area contributed by atoms with Crippen LogP contribution in [0.15, 0.2) is 5.10 Å². The molecular weight excluding hydrogens is 218 g/mol. The van der Waals surface area contributed by atoms with Gasteiger partial charge in [0.2, 0.25) is 0 Å². The number of nitrogens with zero attached hydrogens (tertiary/aromatic N) is 2. The molecule has 0 aromatic rings. The number of rotatable bonds is 1. The summed E-state index contributed by atoms with van der Waals surface area (Å²) < 4.78 is 0. The zero-order valence-corrected chi connectivity index (χ0v) is 8.91. The first-order valence-electron chi connectivity index (χ1n) is 4.91. The van der Waals surface area contributed by atoms with Crippen molar-refractivity contribution in [2.75, 3.05) is 13.1 Å². The molecule has 2 atom stereocenters. The lowest BCUT2D eigenvalue weighted by atomic mass is 10.0. The molecule has 2 heterocycles. The third-order valence-electron chi connectivity index (χ3n) is 2.73. The number of carbonyl (C=O) groups is 2. The second-order valence-corrected chi connectivity index (χ2v) is 4.19. The van der Waals surface area contributed by atoms with Crippen LogP contribution >= 0.6 is 11.6 Å². The molecule has 2 aliphatic heterocycles. The van der Waals surface area contributed by atoms with E-state index in [1.54, 1.807) is 6.21 Å². The summed E-state index contributed by atoms with van der Waals surface area (Å²) in [4.78, 5) is 24.4. The molecule has 15 heavy (non-hydrogen) atoms. The van der Waals surface area contributed by atoms with Crippen LogP contribution in [0.5, 0.6) is 0 Å². The van der Waals surface area contributed by atoms with E-state index in [4.69, 9.17) is 11.6 Å². The molecule has 0 aliphatic carbocycles. The largest absolute Gasteiger partial charge is 0.300 e. The fourth-order valence-electron chi connectivity index (χ4n) is 1.82. The number of likely N-dealkylation sites (tertiary alicyclic amines) is 1. The van der Waals surface area contributed by atoms with Gasteiger partial charge < -0.3 is 0 Å². The first kappa shape index (κ1) is 10.6. The van der Waals surface area contributed by atoms with Gasteiger partial charge in [-0.1, -0.05) is 0 Å². The molecule has 0 aromatic carbocycles. The average Bonchev–Trinajstić information content (AvgIpc) is 2.24. The highest BCUT2D eigenvalue weighted by Crippen LogP contribution is 2.16. The normalized spacial score (nSPS) is 32.9. The van der Waals surface area contributed by atoms with E-state index in [9.17, 15) is 9.59 Å². The van der Waals surface area contributed by atoms with Crippen molar-refractivity contribution >= 4 is 29.5 Å². The Hall–Kier alpha value is -0.940. The van der Waals surface area contributed by atoms with Gasteiger partial charge >= 0.3 is 0 Å². The van der Waals surface area contributed by atoms with Gasteiger partial charge in [-0.15, -0.1) is 11.6 Å². The maximum absolute atomic E-state index is 11.3. The first-order chi connectivity index (χ1) is 7.18. The lowest BCUT2D eigenvalue weighted by Gasteiger charge is -2.34. The number of hydrogen-bond acceptors (Lipinski definition) is 4. The molecule has 6 heteroatoms. The summed E-state index contributed by atoms with van der Waals surface area (Å²) in [6, 6.07) is -0.187. The molecule has 5 nitrogen and oxygen atoms in total. The highest BCUT2D eigenvalue weighted by Gasteiger charge is 2.34. The number of Topliss-reactive ketones (excluding diaryl/α,β-unsaturated/α-hetero) is 1. The molecule has 0 saturated carbocycles. The van der Waals surface area contributed by atoms with Gasteiger partial charge in [0.1, 0.15) is 11.2 Å². The van der Waals surface area contributed by atoms with Crippen LogP contribution in [-0.4, -0.2) is 47.3 Å². The number of piperidine rings is 1. The predicted octanol–water partition coefficient (Wildman–Crippen LogP) is -0.257. The Morgan fingerprint density at radius 1 is 1.40 bits per heavy atom. The third-order valence-corrected chi connectivity index (χ3v) is 3.19. The summed E-state index contributed by atoms with van der Waals surface area (Å²) in [6.45, 7) is 1.32. The molecule has 2 unspecified atom stereocenters. The summed E-state index contributed by atoms with van der Waals surface area (Å²) >= 11 is 5.97. The van der Waals surface area contributed by atoms with Gasteiger partial charge in [0.25, 0.3) is 5.91 Å². The number of hydrogen-bond donors (Lipinski definition) is 1. The highest BCUT2D eigenvalue weighted by atomic mass is 35.5. The topological polar surface area (TPSA) is 61.8 Å². The quantitative estimate of drug-likeness (QED) is 0.631. The molecule has 0 radical (unpaired) electrons. The van der Waals surface area contributed by atoms with Gasteiger partial charge in [-0.3, -0.25) is 14.5 Å². The summed E-state index contributed by atoms with van der Waals surface area (Å²) in [5.41, 5.74) is 2.31. The van der Waals surface area contributed by atoms with Crippen LogP contribution < -0.4 is 5.43 Å². The fourth-order valence-corrected chi connectivity index (χ4v) is 2.09. The Morgan fingerprint density at radius 2 is 2.07 bits per heavy atom. The second kappa shape index (κ2) is 4.28. The third kappa shape index (κ3) is 2.18. The van der Waals surface area contributed by atoms with Crippen LogP contribution in [0.3, 0.4) is 0 Å². The van der Waals surface area contributed by atoms with Crippen molar-refractivity contribution in [3.8, 4) is 0 Å². The van der Waals surface area contributed by atoms with Crippen LogP contribution in [0.1, 0.15) is 12.8 Å². The SMILES string of the molecule is O=C1CCN(C2C=NNC(=O)C2Cl)CC1. The number of carbonyl (C=O) groups excluding carboxylic acids is 2. The zero-order valence-electron chi connectivity index (χ0n) is 8.15. The first-order valence-corrected chi connectivity index (χ1v) is 5.35. The maximum Gasteiger partial charge on any atom is 0.260 e. The van der Waals surface area contributed by atoms with E-state index < -0.39 is 5.38 Å². The zero-order chi connectivity index (χ0) is 10.8. The van der Waals surface area contributed by atoms with E-state index in [1.807, 2.05) is 4.90 Å². The summed E-state index contributed by atoms with van der Waals surface area (Å²) in [5.74, 6) is -0.00404. The minimum absolute atomic E-state index is 0.187. The predicted molar refractivity (Wildman–Crippen MR) is 55.9 cm³/mol. The van der Waals surface area contributed by atoms with E-state index in [2.05, 4.69) is 10.5 Å². The van der Waals surface area contributed by atoms with Crippen molar-refractivity contribution in [1.29, 1.82) is 0 Å². The summed E-state index contributed by atoms with van der Waals surface area (Å²) in [7, 11) is 0. The molecule has 1 fully saturated rings. The molecule has 2 rings (SSSR count). The van der Waals surface area contributed by atoms with Crippen LogP contribution in [0, 0.1) is 0 Å². The number of ketones is 1. The van der Waals surface area contributed by atoms with Crippen LogP contribution in [0.4, 0.5) is 0 Å². The molecule has 0 bridgehead atoms. The molecule has 1 amide bonds. The van der Waals surface area contributed by atoms with Gasteiger partial charge in [0, 0.05) is 32.1 Å². The van der Waals surface area contributed by atoms with Crippen molar-refractivity contribution in [2.45, 2.75) is 24.3 Å². The molecule has 0 spiro atoms. The molecule has 0 aromatic heterocycles. The van der Waals surface area contributed by atoms with Crippen LogP contribution in [0.2, 0.25) is 0 Å². The molecule has 82 valence electrons. The Labute approximate surface area is 92.4 Å². The van der Waals surface area contributed by atoms with E-state index in [0.29, 0.717) is 25.9 Å². The van der Waals surface area contributed by atoms with E-state index >= 15 is 0 Å².